The molecule has 2 heterocycles. The average molecular weight is 363 g/mol. The number of aryl methyl sites for hydroxylation is 1. The molecule has 7 heteroatoms. The first-order valence-corrected chi connectivity index (χ1v) is 9.28. The van der Waals surface area contributed by atoms with Gasteiger partial charge in [0.05, 0.1) is 10.8 Å². The predicted octanol–water partition coefficient (Wildman–Crippen LogP) is 2.28. The molecule has 1 aromatic heterocycles. The van der Waals surface area contributed by atoms with Gasteiger partial charge in [-0.2, -0.15) is 0 Å². The van der Waals surface area contributed by atoms with Gasteiger partial charge in [-0.1, -0.05) is 0 Å². The van der Waals surface area contributed by atoms with Gasteiger partial charge in [-0.05, 0) is 48.9 Å². The molecule has 1 aliphatic heterocycles. The van der Waals surface area contributed by atoms with Gasteiger partial charge in [0.2, 0.25) is 5.91 Å². The second kappa shape index (κ2) is 7.49. The topological polar surface area (TPSA) is 75.4 Å². The van der Waals surface area contributed by atoms with E-state index in [0.29, 0.717) is 31.1 Å². The van der Waals surface area contributed by atoms with Crippen molar-refractivity contribution in [3.05, 3.63) is 34.5 Å². The van der Waals surface area contributed by atoms with Gasteiger partial charge in [0.1, 0.15) is 5.82 Å². The molecule has 134 valence electrons. The maximum atomic E-state index is 13.5. The largest absolute Gasteiger partial charge is 0.355 e. The smallest absolute Gasteiger partial charge is 0.264 e. The molecule has 25 heavy (non-hydrogen) atoms. The van der Waals surface area contributed by atoms with Crippen molar-refractivity contribution in [3.8, 4) is 0 Å². The summed E-state index contributed by atoms with van der Waals surface area (Å²) in [6, 6.07) is 4.58. The zero-order chi connectivity index (χ0) is 18.0. The molecule has 2 aromatic rings. The third-order valence-electron chi connectivity index (χ3n) is 4.62. The minimum Gasteiger partial charge on any atom is -0.355 e. The molecule has 1 aliphatic rings. The number of nitrogens with two attached hydrogens (primary N) is 1. The Hall–Kier alpha value is -1.99. The average Bonchev–Trinajstić information content (AvgIpc) is 2.95. The second-order valence-corrected chi connectivity index (χ2v) is 7.42. The number of halogens is 1. The summed E-state index contributed by atoms with van der Waals surface area (Å²) in [5.74, 6) is -0.619. The number of hydrogen-bond acceptors (Lipinski definition) is 4. The lowest BCUT2D eigenvalue weighted by Gasteiger charge is -2.32. The van der Waals surface area contributed by atoms with Crippen LogP contribution >= 0.6 is 11.3 Å². The van der Waals surface area contributed by atoms with Crippen LogP contribution < -0.4 is 11.1 Å². The summed E-state index contributed by atoms with van der Waals surface area (Å²) >= 11 is 1.38. The molecule has 1 fully saturated rings. The predicted molar refractivity (Wildman–Crippen MR) is 97.2 cm³/mol. The third kappa shape index (κ3) is 3.67. The van der Waals surface area contributed by atoms with Gasteiger partial charge in [-0.25, -0.2) is 4.39 Å². The van der Waals surface area contributed by atoms with Crippen LogP contribution in [0.3, 0.4) is 0 Å². The molecular weight excluding hydrogens is 341 g/mol. The van der Waals surface area contributed by atoms with E-state index in [4.69, 9.17) is 5.73 Å². The van der Waals surface area contributed by atoms with Gasteiger partial charge in [0, 0.05) is 30.9 Å². The van der Waals surface area contributed by atoms with Crippen LogP contribution in [0, 0.1) is 18.7 Å². The van der Waals surface area contributed by atoms with Crippen molar-refractivity contribution < 1.29 is 14.0 Å². The van der Waals surface area contributed by atoms with E-state index >= 15 is 0 Å². The van der Waals surface area contributed by atoms with E-state index in [2.05, 4.69) is 5.32 Å². The summed E-state index contributed by atoms with van der Waals surface area (Å²) in [6.45, 7) is 3.75. The molecule has 1 aromatic carbocycles. The lowest BCUT2D eigenvalue weighted by atomic mass is 9.96. The normalized spacial score (nSPS) is 17.7. The Balaban J connectivity index is 1.78. The van der Waals surface area contributed by atoms with Crippen LogP contribution in [0.5, 0.6) is 0 Å². The molecule has 0 bridgehead atoms. The number of likely N-dealkylation sites (tertiary alicyclic amines) is 1. The van der Waals surface area contributed by atoms with Crippen molar-refractivity contribution in [2.45, 2.75) is 19.8 Å². The number of carbonyl (C=O) groups excluding carboxylic acids is 2. The fourth-order valence-corrected chi connectivity index (χ4v) is 4.41. The Kier molecular flexibility index (Phi) is 5.34. The van der Waals surface area contributed by atoms with E-state index in [1.54, 1.807) is 11.0 Å². The Labute approximate surface area is 150 Å². The third-order valence-corrected chi connectivity index (χ3v) is 5.88. The molecular formula is C18H22FN3O2S. The van der Waals surface area contributed by atoms with E-state index in [0.717, 1.165) is 28.5 Å². The number of benzene rings is 1. The minimum absolute atomic E-state index is 0.0434. The second-order valence-electron chi connectivity index (χ2n) is 6.37. The summed E-state index contributed by atoms with van der Waals surface area (Å²) in [7, 11) is 0. The first kappa shape index (κ1) is 17.8. The molecule has 1 atom stereocenters. The Morgan fingerprint density at radius 2 is 2.24 bits per heavy atom. The van der Waals surface area contributed by atoms with Crippen molar-refractivity contribution in [1.29, 1.82) is 0 Å². The Bertz CT molecular complexity index is 805. The Morgan fingerprint density at radius 1 is 1.44 bits per heavy atom. The highest BCUT2D eigenvalue weighted by atomic mass is 32.1. The summed E-state index contributed by atoms with van der Waals surface area (Å²) in [5.41, 5.74) is 6.22. The van der Waals surface area contributed by atoms with Gasteiger partial charge in [-0.3, -0.25) is 9.59 Å². The van der Waals surface area contributed by atoms with Crippen LogP contribution in [-0.4, -0.2) is 42.9 Å². The number of carbonyl (C=O) groups is 2. The maximum absolute atomic E-state index is 13.5. The lowest BCUT2D eigenvalue weighted by molar-refractivity contribution is -0.126. The summed E-state index contributed by atoms with van der Waals surface area (Å²) in [4.78, 5) is 27.5. The van der Waals surface area contributed by atoms with Crippen molar-refractivity contribution >= 4 is 33.2 Å². The molecule has 1 saturated heterocycles. The van der Waals surface area contributed by atoms with Gasteiger partial charge in [-0.15, -0.1) is 11.3 Å². The number of nitrogens with one attached hydrogen (secondary N) is 1. The molecule has 0 aliphatic carbocycles. The molecule has 3 N–H and O–H groups in total. The van der Waals surface area contributed by atoms with Crippen molar-refractivity contribution in [2.75, 3.05) is 26.2 Å². The van der Waals surface area contributed by atoms with E-state index < -0.39 is 0 Å². The number of piperidine rings is 1. The minimum atomic E-state index is -0.304. The van der Waals surface area contributed by atoms with Gasteiger partial charge < -0.3 is 16.0 Å². The number of rotatable bonds is 4. The zero-order valence-electron chi connectivity index (χ0n) is 14.2. The monoisotopic (exact) mass is 363 g/mol. The van der Waals surface area contributed by atoms with Gasteiger partial charge in [0.25, 0.3) is 5.91 Å². The summed E-state index contributed by atoms with van der Waals surface area (Å²) in [6.07, 6.45) is 1.57. The van der Waals surface area contributed by atoms with Crippen LogP contribution in [0.15, 0.2) is 18.2 Å². The van der Waals surface area contributed by atoms with E-state index in [9.17, 15) is 14.0 Å². The van der Waals surface area contributed by atoms with E-state index in [1.807, 2.05) is 6.92 Å². The number of fused-ring (bicyclic) bond motifs is 1. The maximum Gasteiger partial charge on any atom is 0.264 e. The highest BCUT2D eigenvalue weighted by Crippen LogP contribution is 2.33. The highest BCUT2D eigenvalue weighted by molar-refractivity contribution is 7.21. The fourth-order valence-electron chi connectivity index (χ4n) is 3.26. The summed E-state index contributed by atoms with van der Waals surface area (Å²) < 4.78 is 14.4. The number of hydrogen-bond donors (Lipinski definition) is 2. The summed E-state index contributed by atoms with van der Waals surface area (Å²) in [5, 5.41) is 3.58. The van der Waals surface area contributed by atoms with E-state index in [1.165, 1.54) is 23.5 Å². The molecule has 1 unspecified atom stereocenters. The first-order chi connectivity index (χ1) is 12.0. The van der Waals surface area contributed by atoms with Crippen molar-refractivity contribution in [2.24, 2.45) is 11.7 Å². The number of nitrogens with zero attached hydrogens (tertiary/aromatic N) is 1. The fraction of sp³-hybridized carbons (Fsp3) is 0.444. The van der Waals surface area contributed by atoms with Gasteiger partial charge >= 0.3 is 0 Å². The molecule has 0 radical (unpaired) electrons. The highest BCUT2D eigenvalue weighted by Gasteiger charge is 2.30. The van der Waals surface area contributed by atoms with Crippen LogP contribution in [-0.2, 0) is 4.79 Å². The SMILES string of the molecule is Cc1c(C(=O)N2CCCC(C(=O)NCCN)C2)sc2ccc(F)cc12. The molecule has 3 rings (SSSR count). The molecule has 0 spiro atoms. The van der Waals surface area contributed by atoms with Crippen LogP contribution in [0.4, 0.5) is 4.39 Å². The van der Waals surface area contributed by atoms with Crippen LogP contribution in [0.2, 0.25) is 0 Å². The lowest BCUT2D eigenvalue weighted by Crippen LogP contribution is -2.46. The molecule has 5 nitrogen and oxygen atoms in total. The molecule has 2 amide bonds. The van der Waals surface area contributed by atoms with Crippen LogP contribution in [0.1, 0.15) is 28.1 Å². The Morgan fingerprint density at radius 3 is 3.00 bits per heavy atom. The number of amides is 2. The quantitative estimate of drug-likeness (QED) is 0.875. The van der Waals surface area contributed by atoms with Crippen molar-refractivity contribution in [3.63, 3.8) is 0 Å². The van der Waals surface area contributed by atoms with Crippen molar-refractivity contribution in [1.82, 2.24) is 10.2 Å². The standard InChI is InChI=1S/C18H22FN3O2S/c1-11-14-9-13(19)4-5-15(14)25-16(11)18(24)22-8-2-3-12(10-22)17(23)21-7-6-20/h4-5,9,12H,2-3,6-8,10,20H2,1H3,(H,21,23). The zero-order valence-corrected chi connectivity index (χ0v) is 15.0. The van der Waals surface area contributed by atoms with Crippen LogP contribution in [0.25, 0.3) is 10.1 Å². The number of thiophene rings is 1. The van der Waals surface area contributed by atoms with Gasteiger partial charge in [0.15, 0.2) is 0 Å². The molecule has 0 saturated carbocycles. The first-order valence-electron chi connectivity index (χ1n) is 8.47. The van der Waals surface area contributed by atoms with E-state index in [-0.39, 0.29) is 23.5 Å².